The number of ether oxygens (including phenoxy) is 1. The van der Waals surface area contributed by atoms with Crippen LogP contribution in [-0.4, -0.2) is 44.8 Å². The number of nitrogens with one attached hydrogen (secondary N) is 1. The molecule has 0 spiro atoms. The molecule has 1 N–H and O–H groups in total. The fourth-order valence-electron chi connectivity index (χ4n) is 2.64. The Morgan fingerprint density at radius 2 is 2.30 bits per heavy atom. The summed E-state index contributed by atoms with van der Waals surface area (Å²) in [6, 6.07) is 4.34. The molecule has 0 radical (unpaired) electrons. The minimum absolute atomic E-state index is 0. The molecule has 3 nitrogen and oxygen atoms in total. The molecule has 1 atom stereocenters. The van der Waals surface area contributed by atoms with E-state index in [0.717, 1.165) is 39.3 Å². The molecule has 0 aromatic carbocycles. The fourth-order valence-corrected chi connectivity index (χ4v) is 4.16. The highest BCUT2D eigenvalue weighted by Crippen LogP contribution is 2.28. The first-order valence-electron chi connectivity index (χ1n) is 6.77. The van der Waals surface area contributed by atoms with Gasteiger partial charge in [-0.25, -0.2) is 0 Å². The zero-order valence-corrected chi connectivity index (χ0v) is 15.4. The molecule has 0 amide bonds. The standard InChI is InChI=1S/C14H23BrN2OS.ClH/c1-14(5-6-16-10-14)11-17(7-8-18-2)9-12-3-4-13(15)19-12;/h3-4,16H,5-11H2,1-2H3;1H. The van der Waals surface area contributed by atoms with Gasteiger partial charge in [0.05, 0.1) is 10.4 Å². The number of hydrogen-bond acceptors (Lipinski definition) is 4. The van der Waals surface area contributed by atoms with Gasteiger partial charge < -0.3 is 10.1 Å². The van der Waals surface area contributed by atoms with Gasteiger partial charge in [0.25, 0.3) is 0 Å². The van der Waals surface area contributed by atoms with E-state index in [1.807, 2.05) is 11.3 Å². The molecule has 1 aromatic heterocycles. The van der Waals surface area contributed by atoms with Crippen LogP contribution in [0.5, 0.6) is 0 Å². The van der Waals surface area contributed by atoms with Crippen LogP contribution < -0.4 is 5.32 Å². The van der Waals surface area contributed by atoms with Crippen molar-refractivity contribution in [3.8, 4) is 0 Å². The summed E-state index contributed by atoms with van der Waals surface area (Å²) in [4.78, 5) is 3.94. The number of nitrogens with zero attached hydrogens (tertiary/aromatic N) is 1. The second-order valence-electron chi connectivity index (χ2n) is 5.65. The first kappa shape index (κ1) is 18.4. The van der Waals surface area contributed by atoms with Gasteiger partial charge in [-0.3, -0.25) is 4.90 Å². The van der Waals surface area contributed by atoms with Crippen molar-refractivity contribution in [2.45, 2.75) is 19.9 Å². The Morgan fingerprint density at radius 3 is 2.85 bits per heavy atom. The van der Waals surface area contributed by atoms with Crippen molar-refractivity contribution in [3.63, 3.8) is 0 Å². The summed E-state index contributed by atoms with van der Waals surface area (Å²) in [6.45, 7) is 8.63. The lowest BCUT2D eigenvalue weighted by molar-refractivity contribution is 0.114. The average molecular weight is 384 g/mol. The second kappa shape index (κ2) is 8.71. The van der Waals surface area contributed by atoms with E-state index >= 15 is 0 Å². The first-order chi connectivity index (χ1) is 9.11. The van der Waals surface area contributed by atoms with Crippen LogP contribution in [0.1, 0.15) is 18.2 Å². The molecular formula is C14H24BrClN2OS. The van der Waals surface area contributed by atoms with E-state index < -0.39 is 0 Å². The Labute approximate surface area is 140 Å². The van der Waals surface area contributed by atoms with Crippen LogP contribution >= 0.6 is 39.7 Å². The molecule has 0 saturated carbocycles. The molecule has 20 heavy (non-hydrogen) atoms. The molecule has 0 aliphatic carbocycles. The Bertz CT molecular complexity index is 396. The average Bonchev–Trinajstić information content (AvgIpc) is 2.96. The Balaban J connectivity index is 0.00000200. The summed E-state index contributed by atoms with van der Waals surface area (Å²) < 4.78 is 6.46. The molecule has 6 heteroatoms. The summed E-state index contributed by atoms with van der Waals surface area (Å²) in [5.74, 6) is 0. The van der Waals surface area contributed by atoms with Gasteiger partial charge in [0.2, 0.25) is 0 Å². The van der Waals surface area contributed by atoms with Gasteiger partial charge in [0.15, 0.2) is 0 Å². The zero-order chi connectivity index (χ0) is 13.7. The van der Waals surface area contributed by atoms with E-state index in [1.54, 1.807) is 7.11 Å². The SMILES string of the molecule is COCCN(Cc1ccc(Br)s1)CC1(C)CCNC1.Cl. The minimum atomic E-state index is 0. The van der Waals surface area contributed by atoms with Crippen LogP contribution in [0.4, 0.5) is 0 Å². The van der Waals surface area contributed by atoms with Crippen molar-refractivity contribution >= 4 is 39.7 Å². The summed E-state index contributed by atoms with van der Waals surface area (Å²) in [5.41, 5.74) is 0.405. The largest absolute Gasteiger partial charge is 0.383 e. The maximum absolute atomic E-state index is 5.25. The van der Waals surface area contributed by atoms with E-state index in [-0.39, 0.29) is 12.4 Å². The van der Waals surface area contributed by atoms with Crippen LogP contribution in [-0.2, 0) is 11.3 Å². The molecule has 116 valence electrons. The number of hydrogen-bond donors (Lipinski definition) is 1. The van der Waals surface area contributed by atoms with E-state index in [2.05, 4.69) is 45.2 Å². The highest BCUT2D eigenvalue weighted by Gasteiger charge is 2.30. The third kappa shape index (κ3) is 5.62. The third-order valence-electron chi connectivity index (χ3n) is 3.68. The van der Waals surface area contributed by atoms with Gasteiger partial charge in [-0.1, -0.05) is 6.92 Å². The smallest absolute Gasteiger partial charge is 0.0701 e. The minimum Gasteiger partial charge on any atom is -0.383 e. The van der Waals surface area contributed by atoms with Crippen LogP contribution in [0.2, 0.25) is 0 Å². The number of halogens is 2. The first-order valence-corrected chi connectivity index (χ1v) is 8.38. The molecular weight excluding hydrogens is 360 g/mol. The molecule has 2 heterocycles. The lowest BCUT2D eigenvalue weighted by Crippen LogP contribution is -2.38. The topological polar surface area (TPSA) is 24.5 Å². The van der Waals surface area contributed by atoms with Crippen molar-refractivity contribution in [2.24, 2.45) is 5.41 Å². The van der Waals surface area contributed by atoms with Crippen LogP contribution in [0.25, 0.3) is 0 Å². The molecule has 1 unspecified atom stereocenters. The fraction of sp³-hybridized carbons (Fsp3) is 0.714. The number of thiophene rings is 1. The molecule has 1 fully saturated rings. The van der Waals surface area contributed by atoms with Gasteiger partial charge in [0.1, 0.15) is 0 Å². The predicted octanol–water partition coefficient (Wildman–Crippen LogP) is 3.38. The van der Waals surface area contributed by atoms with Crippen LogP contribution in [0.15, 0.2) is 15.9 Å². The third-order valence-corrected chi connectivity index (χ3v) is 5.29. The Hall–Kier alpha value is 0.350. The molecule has 1 aliphatic heterocycles. The van der Waals surface area contributed by atoms with E-state index in [9.17, 15) is 0 Å². The van der Waals surface area contributed by atoms with Crippen molar-refractivity contribution in [3.05, 3.63) is 20.8 Å². The van der Waals surface area contributed by atoms with Gasteiger partial charge in [-0.05, 0) is 46.4 Å². The van der Waals surface area contributed by atoms with Gasteiger partial charge in [-0.15, -0.1) is 23.7 Å². The maximum Gasteiger partial charge on any atom is 0.0701 e. The normalized spacial score (nSPS) is 22.2. The van der Waals surface area contributed by atoms with Crippen LogP contribution in [0.3, 0.4) is 0 Å². The van der Waals surface area contributed by atoms with Crippen molar-refractivity contribution in [1.82, 2.24) is 10.2 Å². The highest BCUT2D eigenvalue weighted by atomic mass is 79.9. The predicted molar refractivity (Wildman–Crippen MR) is 92.0 cm³/mol. The van der Waals surface area contributed by atoms with Crippen molar-refractivity contribution in [2.75, 3.05) is 39.9 Å². The lowest BCUT2D eigenvalue weighted by Gasteiger charge is -2.31. The summed E-state index contributed by atoms with van der Waals surface area (Å²) in [7, 11) is 1.78. The molecule has 1 aliphatic rings. The zero-order valence-electron chi connectivity index (χ0n) is 12.2. The van der Waals surface area contributed by atoms with E-state index in [4.69, 9.17) is 4.74 Å². The number of methoxy groups -OCH3 is 1. The van der Waals surface area contributed by atoms with Crippen molar-refractivity contribution < 1.29 is 4.74 Å². The maximum atomic E-state index is 5.25. The van der Waals surface area contributed by atoms with Gasteiger partial charge in [-0.2, -0.15) is 0 Å². The number of rotatable bonds is 7. The molecule has 2 rings (SSSR count). The quantitative estimate of drug-likeness (QED) is 0.781. The second-order valence-corrected chi connectivity index (χ2v) is 8.19. The van der Waals surface area contributed by atoms with E-state index in [0.29, 0.717) is 5.41 Å². The lowest BCUT2D eigenvalue weighted by atomic mass is 9.89. The van der Waals surface area contributed by atoms with Crippen LogP contribution in [0, 0.1) is 5.41 Å². The van der Waals surface area contributed by atoms with Gasteiger partial charge >= 0.3 is 0 Å². The van der Waals surface area contributed by atoms with Crippen molar-refractivity contribution in [1.29, 1.82) is 0 Å². The molecule has 1 aromatic rings. The monoisotopic (exact) mass is 382 g/mol. The summed E-state index contributed by atoms with van der Waals surface area (Å²) in [6.07, 6.45) is 1.27. The highest BCUT2D eigenvalue weighted by molar-refractivity contribution is 9.11. The molecule has 0 bridgehead atoms. The molecule has 1 saturated heterocycles. The van der Waals surface area contributed by atoms with E-state index in [1.165, 1.54) is 15.1 Å². The Kier molecular flexibility index (Phi) is 8.01. The summed E-state index contributed by atoms with van der Waals surface area (Å²) >= 11 is 5.36. The van der Waals surface area contributed by atoms with Gasteiger partial charge in [0, 0.05) is 38.2 Å². The Morgan fingerprint density at radius 1 is 1.50 bits per heavy atom. The summed E-state index contributed by atoms with van der Waals surface area (Å²) in [5, 5.41) is 3.48.